The Morgan fingerprint density at radius 2 is 1.84 bits per heavy atom. The highest BCUT2D eigenvalue weighted by atomic mass is 16.5. The van der Waals surface area contributed by atoms with E-state index in [1.165, 1.54) is 7.11 Å². The minimum Gasteiger partial charge on any atom is -0.439 e. The van der Waals surface area contributed by atoms with E-state index in [1.54, 1.807) is 16.7 Å². The molecule has 7 nitrogen and oxygen atoms in total. The van der Waals surface area contributed by atoms with Gasteiger partial charge in [0.15, 0.2) is 0 Å². The minimum absolute atomic E-state index is 0.00127. The van der Waals surface area contributed by atoms with Crippen LogP contribution >= 0.6 is 0 Å². The number of hydrogen-bond acceptors (Lipinski definition) is 5. The van der Waals surface area contributed by atoms with Crippen LogP contribution in [0.3, 0.4) is 0 Å². The summed E-state index contributed by atoms with van der Waals surface area (Å²) >= 11 is 0. The van der Waals surface area contributed by atoms with Gasteiger partial charge in [0.25, 0.3) is 0 Å². The highest BCUT2D eigenvalue weighted by Crippen LogP contribution is 2.34. The number of carbonyl (C=O) groups is 1. The molecule has 3 aromatic rings. The average Bonchev–Trinajstić information content (AvgIpc) is 3.07. The van der Waals surface area contributed by atoms with Crippen LogP contribution in [0, 0.1) is 6.92 Å². The Bertz CT molecular complexity index is 1000. The zero-order valence-corrected chi connectivity index (χ0v) is 18.5. The lowest BCUT2D eigenvalue weighted by atomic mass is 10.1. The number of rotatable bonds is 10. The number of aromatic nitrogens is 2. The van der Waals surface area contributed by atoms with Gasteiger partial charge in [0, 0.05) is 33.4 Å². The van der Waals surface area contributed by atoms with Gasteiger partial charge in [-0.15, -0.1) is 0 Å². The maximum Gasteiger partial charge on any atom is 0.248 e. The van der Waals surface area contributed by atoms with E-state index in [-0.39, 0.29) is 12.5 Å². The van der Waals surface area contributed by atoms with Gasteiger partial charge in [0.1, 0.15) is 18.1 Å². The van der Waals surface area contributed by atoms with Gasteiger partial charge in [-0.05, 0) is 24.6 Å². The molecule has 0 atom stereocenters. The van der Waals surface area contributed by atoms with Crippen LogP contribution < -0.4 is 4.74 Å². The van der Waals surface area contributed by atoms with Crippen molar-refractivity contribution in [2.45, 2.75) is 13.5 Å². The van der Waals surface area contributed by atoms with E-state index in [1.807, 2.05) is 68.6 Å². The minimum atomic E-state index is -0.121. The normalized spacial score (nSPS) is 10.8. The highest BCUT2D eigenvalue weighted by molar-refractivity contribution is 5.78. The smallest absolute Gasteiger partial charge is 0.248 e. The first kappa shape index (κ1) is 22.5. The molecule has 1 heterocycles. The zero-order chi connectivity index (χ0) is 22.2. The summed E-state index contributed by atoms with van der Waals surface area (Å²) in [6, 6.07) is 17.7. The Hall–Kier alpha value is -3.16. The third kappa shape index (κ3) is 5.71. The van der Waals surface area contributed by atoms with Crippen molar-refractivity contribution in [2.24, 2.45) is 7.05 Å². The van der Waals surface area contributed by atoms with Crippen molar-refractivity contribution in [3.8, 4) is 22.9 Å². The van der Waals surface area contributed by atoms with Crippen molar-refractivity contribution >= 4 is 5.91 Å². The Kier molecular flexibility index (Phi) is 7.81. The van der Waals surface area contributed by atoms with E-state index >= 15 is 0 Å². The molecule has 0 aliphatic heterocycles. The predicted octanol–water partition coefficient (Wildman–Crippen LogP) is 3.81. The molecule has 1 aromatic heterocycles. The number of carbonyl (C=O) groups excluding carboxylic acids is 1. The first-order chi connectivity index (χ1) is 15.0. The van der Waals surface area contributed by atoms with Crippen molar-refractivity contribution in [1.29, 1.82) is 0 Å². The van der Waals surface area contributed by atoms with Crippen LogP contribution in [0.25, 0.3) is 11.3 Å². The van der Waals surface area contributed by atoms with Crippen LogP contribution in [-0.2, 0) is 27.9 Å². The van der Waals surface area contributed by atoms with Gasteiger partial charge in [-0.1, -0.05) is 42.5 Å². The molecule has 164 valence electrons. The maximum absolute atomic E-state index is 12.7. The molecule has 0 saturated carbocycles. The van der Waals surface area contributed by atoms with Gasteiger partial charge >= 0.3 is 0 Å². The molecule has 0 N–H and O–H groups in total. The largest absolute Gasteiger partial charge is 0.439 e. The first-order valence-electron chi connectivity index (χ1n) is 10.1. The summed E-state index contributed by atoms with van der Waals surface area (Å²) in [7, 11) is 4.97. The molecular formula is C24H29N3O4. The number of amides is 1. The van der Waals surface area contributed by atoms with Crippen molar-refractivity contribution in [2.75, 3.05) is 34.0 Å². The SMILES string of the molecule is COCCN(Cc1c(-c2ccccc2)nn(C)c1Oc1cccc(C)c1)C(=O)COC. The topological polar surface area (TPSA) is 65.8 Å². The molecule has 7 heteroatoms. The van der Waals surface area contributed by atoms with Crippen LogP contribution in [0.4, 0.5) is 0 Å². The molecule has 0 aliphatic carbocycles. The van der Waals surface area contributed by atoms with E-state index in [0.717, 1.165) is 28.1 Å². The lowest BCUT2D eigenvalue weighted by Crippen LogP contribution is -2.36. The molecule has 0 bridgehead atoms. The quantitative estimate of drug-likeness (QED) is 0.496. The Morgan fingerprint density at radius 3 is 2.52 bits per heavy atom. The lowest BCUT2D eigenvalue weighted by Gasteiger charge is -2.23. The van der Waals surface area contributed by atoms with Gasteiger partial charge in [-0.3, -0.25) is 4.79 Å². The van der Waals surface area contributed by atoms with Crippen molar-refractivity contribution in [1.82, 2.24) is 14.7 Å². The number of methoxy groups -OCH3 is 2. The fraction of sp³-hybridized carbons (Fsp3) is 0.333. The Balaban J connectivity index is 2.04. The molecular weight excluding hydrogens is 394 g/mol. The summed E-state index contributed by atoms with van der Waals surface area (Å²) in [5.74, 6) is 1.19. The van der Waals surface area contributed by atoms with Gasteiger partial charge in [-0.2, -0.15) is 5.10 Å². The summed E-state index contributed by atoms with van der Waals surface area (Å²) in [6.07, 6.45) is 0. The molecule has 2 aromatic carbocycles. The number of aryl methyl sites for hydroxylation is 2. The van der Waals surface area contributed by atoms with Gasteiger partial charge in [0.2, 0.25) is 11.8 Å². The van der Waals surface area contributed by atoms with Crippen LogP contribution in [0.1, 0.15) is 11.1 Å². The molecule has 0 aliphatic rings. The summed E-state index contributed by atoms with van der Waals surface area (Å²) in [6.45, 7) is 3.20. The van der Waals surface area contributed by atoms with Gasteiger partial charge in [0.05, 0.1) is 18.7 Å². The standard InChI is InChI=1S/C24H29N3O4/c1-18-9-8-12-20(15-18)31-24-21(16-27(13-14-29-3)22(28)17-30-4)23(25-26(24)2)19-10-6-5-7-11-19/h5-12,15H,13-14,16-17H2,1-4H3. The Labute approximate surface area is 183 Å². The van der Waals surface area contributed by atoms with E-state index in [4.69, 9.17) is 19.3 Å². The number of hydrogen-bond donors (Lipinski definition) is 0. The van der Waals surface area contributed by atoms with Gasteiger partial charge in [-0.25, -0.2) is 4.68 Å². The molecule has 3 rings (SSSR count). The lowest BCUT2D eigenvalue weighted by molar-refractivity contribution is -0.136. The molecule has 0 saturated heterocycles. The monoisotopic (exact) mass is 423 g/mol. The number of ether oxygens (including phenoxy) is 3. The number of benzene rings is 2. The number of nitrogens with zero attached hydrogens (tertiary/aromatic N) is 3. The molecule has 0 spiro atoms. The first-order valence-corrected chi connectivity index (χ1v) is 10.1. The summed E-state index contributed by atoms with van der Waals surface area (Å²) in [4.78, 5) is 14.4. The second-order valence-electron chi connectivity index (χ2n) is 7.28. The van der Waals surface area contributed by atoms with E-state index in [2.05, 4.69) is 0 Å². The van der Waals surface area contributed by atoms with E-state index in [0.29, 0.717) is 25.6 Å². The highest BCUT2D eigenvalue weighted by Gasteiger charge is 2.24. The van der Waals surface area contributed by atoms with Crippen molar-refractivity contribution < 1.29 is 19.0 Å². The van der Waals surface area contributed by atoms with Crippen LogP contribution in [0.2, 0.25) is 0 Å². The maximum atomic E-state index is 12.7. The fourth-order valence-electron chi connectivity index (χ4n) is 3.34. The third-order valence-electron chi connectivity index (χ3n) is 4.87. The van der Waals surface area contributed by atoms with Crippen LogP contribution in [0.15, 0.2) is 54.6 Å². The molecule has 0 radical (unpaired) electrons. The molecule has 31 heavy (non-hydrogen) atoms. The second-order valence-corrected chi connectivity index (χ2v) is 7.28. The van der Waals surface area contributed by atoms with Crippen molar-refractivity contribution in [3.63, 3.8) is 0 Å². The molecule has 0 fully saturated rings. The summed E-state index contributed by atoms with van der Waals surface area (Å²) in [5.41, 5.74) is 3.66. The average molecular weight is 424 g/mol. The van der Waals surface area contributed by atoms with Gasteiger partial charge < -0.3 is 19.1 Å². The molecule has 1 amide bonds. The van der Waals surface area contributed by atoms with Crippen molar-refractivity contribution in [3.05, 3.63) is 65.7 Å². The second kappa shape index (κ2) is 10.7. The van der Waals surface area contributed by atoms with E-state index < -0.39 is 0 Å². The third-order valence-corrected chi connectivity index (χ3v) is 4.87. The van der Waals surface area contributed by atoms with Crippen LogP contribution in [0.5, 0.6) is 11.6 Å². The zero-order valence-electron chi connectivity index (χ0n) is 18.5. The summed E-state index contributed by atoms with van der Waals surface area (Å²) in [5, 5.41) is 4.73. The Morgan fingerprint density at radius 1 is 1.06 bits per heavy atom. The predicted molar refractivity (Wildman–Crippen MR) is 119 cm³/mol. The van der Waals surface area contributed by atoms with Crippen LogP contribution in [-0.4, -0.2) is 54.6 Å². The summed E-state index contributed by atoms with van der Waals surface area (Å²) < 4.78 is 18.3. The van der Waals surface area contributed by atoms with E-state index in [9.17, 15) is 4.79 Å². The molecule has 0 unspecified atom stereocenters. The fourth-order valence-corrected chi connectivity index (χ4v) is 3.34.